The molecule has 0 radical (unpaired) electrons. The number of nitrogens with zero attached hydrogens (tertiary/aromatic N) is 1. The minimum Gasteiger partial charge on any atom is -0.456 e. The maximum Gasteiger partial charge on any atom is 0.336 e. The van der Waals surface area contributed by atoms with E-state index in [4.69, 9.17) is 4.74 Å². The lowest BCUT2D eigenvalue weighted by Crippen LogP contribution is -2.37. The predicted molar refractivity (Wildman–Crippen MR) is 90.4 cm³/mol. The van der Waals surface area contributed by atoms with Gasteiger partial charge in [0.1, 0.15) is 12.4 Å². The molecule has 0 spiro atoms. The van der Waals surface area contributed by atoms with Gasteiger partial charge in [0.05, 0.1) is 11.3 Å². The minimum atomic E-state index is -0.611. The molecule has 126 valence electrons. The molecule has 2 aromatic rings. The monoisotopic (exact) mass is 337 g/mol. The number of rotatable bonds is 2. The van der Waals surface area contributed by atoms with E-state index in [-0.39, 0.29) is 18.9 Å². The number of ether oxygens (including phenoxy) is 1. The summed E-state index contributed by atoms with van der Waals surface area (Å²) in [6.45, 7) is 1.99. The lowest BCUT2D eigenvalue weighted by atomic mass is 9.84. The van der Waals surface area contributed by atoms with E-state index in [1.807, 2.05) is 31.2 Å². The molecule has 2 heterocycles. The van der Waals surface area contributed by atoms with Crippen molar-refractivity contribution in [1.82, 2.24) is 0 Å². The number of cyclic esters (lactones) is 1. The van der Waals surface area contributed by atoms with Gasteiger partial charge in [0.25, 0.3) is 0 Å². The van der Waals surface area contributed by atoms with Crippen molar-refractivity contribution in [2.45, 2.75) is 19.3 Å². The number of carbonyl (C=O) groups is 2. The molecule has 4 nitrogen and oxygen atoms in total. The van der Waals surface area contributed by atoms with Gasteiger partial charge in [0, 0.05) is 18.0 Å². The van der Waals surface area contributed by atoms with Crippen LogP contribution in [0.2, 0.25) is 0 Å². The summed E-state index contributed by atoms with van der Waals surface area (Å²) in [7, 11) is 0. The average Bonchev–Trinajstić information content (AvgIpc) is 2.98. The molecule has 0 bridgehead atoms. The topological polar surface area (TPSA) is 46.6 Å². The molecule has 0 aromatic heterocycles. The van der Waals surface area contributed by atoms with Crippen molar-refractivity contribution in [2.24, 2.45) is 0 Å². The summed E-state index contributed by atoms with van der Waals surface area (Å²) in [5.41, 5.74) is 3.01. The molecule has 0 N–H and O–H groups in total. The van der Waals surface area contributed by atoms with Gasteiger partial charge in [-0.2, -0.15) is 0 Å². The number of hydrogen-bond acceptors (Lipinski definition) is 3. The predicted octanol–water partition coefficient (Wildman–Crippen LogP) is 3.47. The molecular weight excluding hydrogens is 321 g/mol. The third kappa shape index (κ3) is 2.52. The van der Waals surface area contributed by atoms with Crippen LogP contribution < -0.4 is 4.90 Å². The summed E-state index contributed by atoms with van der Waals surface area (Å²) in [5.74, 6) is -1.68. The molecule has 0 aliphatic carbocycles. The quantitative estimate of drug-likeness (QED) is 0.789. The van der Waals surface area contributed by atoms with Crippen molar-refractivity contribution in [2.75, 3.05) is 11.5 Å². The molecule has 2 aliphatic heterocycles. The zero-order valence-corrected chi connectivity index (χ0v) is 13.7. The van der Waals surface area contributed by atoms with Crippen molar-refractivity contribution in [3.63, 3.8) is 0 Å². The summed E-state index contributed by atoms with van der Waals surface area (Å²) in [5, 5.41) is 0. The summed E-state index contributed by atoms with van der Waals surface area (Å²) in [4.78, 5) is 26.7. The van der Waals surface area contributed by atoms with Crippen molar-refractivity contribution in [3.8, 4) is 0 Å². The smallest absolute Gasteiger partial charge is 0.336 e. The first kappa shape index (κ1) is 15.6. The zero-order chi connectivity index (χ0) is 17.6. The Morgan fingerprint density at radius 3 is 2.52 bits per heavy atom. The van der Waals surface area contributed by atoms with Crippen LogP contribution in [0.3, 0.4) is 0 Å². The number of hydrogen-bond donors (Lipinski definition) is 0. The van der Waals surface area contributed by atoms with E-state index >= 15 is 0 Å². The summed E-state index contributed by atoms with van der Waals surface area (Å²) in [6, 6.07) is 13.7. The van der Waals surface area contributed by atoms with Crippen molar-refractivity contribution in [1.29, 1.82) is 0 Å². The molecule has 4 rings (SSSR count). The van der Waals surface area contributed by atoms with Gasteiger partial charge in [-0.25, -0.2) is 9.18 Å². The first-order valence-corrected chi connectivity index (χ1v) is 8.10. The average molecular weight is 337 g/mol. The van der Waals surface area contributed by atoms with Crippen LogP contribution in [0, 0.1) is 12.7 Å². The molecule has 0 fully saturated rings. The van der Waals surface area contributed by atoms with Crippen molar-refractivity contribution in [3.05, 3.63) is 76.7 Å². The second kappa shape index (κ2) is 5.84. The second-order valence-electron chi connectivity index (χ2n) is 6.28. The van der Waals surface area contributed by atoms with E-state index in [2.05, 4.69) is 0 Å². The number of anilines is 1. The fraction of sp³-hybridized carbons (Fsp3) is 0.200. The third-order valence-corrected chi connectivity index (χ3v) is 4.69. The fourth-order valence-electron chi connectivity index (χ4n) is 3.47. The van der Waals surface area contributed by atoms with E-state index < -0.39 is 17.7 Å². The van der Waals surface area contributed by atoms with Gasteiger partial charge >= 0.3 is 5.97 Å². The Hall–Kier alpha value is -2.95. The minimum absolute atomic E-state index is 0.0265. The number of amides is 1. The number of benzene rings is 2. The van der Waals surface area contributed by atoms with Crippen molar-refractivity contribution < 1.29 is 18.7 Å². The molecular formula is C20H16FNO3. The van der Waals surface area contributed by atoms with Crippen LogP contribution in [0.5, 0.6) is 0 Å². The summed E-state index contributed by atoms with van der Waals surface area (Å²) < 4.78 is 19.4. The van der Waals surface area contributed by atoms with Gasteiger partial charge in [-0.3, -0.25) is 9.69 Å². The van der Waals surface area contributed by atoms with E-state index in [0.29, 0.717) is 22.5 Å². The van der Waals surface area contributed by atoms with Crippen LogP contribution in [0.25, 0.3) is 0 Å². The van der Waals surface area contributed by atoms with Crippen LogP contribution in [-0.4, -0.2) is 18.5 Å². The first-order valence-electron chi connectivity index (χ1n) is 8.10. The number of aryl methyl sites for hydroxylation is 1. The van der Waals surface area contributed by atoms with Crippen LogP contribution in [0.4, 0.5) is 10.1 Å². The molecule has 0 saturated carbocycles. The van der Waals surface area contributed by atoms with E-state index in [1.54, 1.807) is 18.2 Å². The molecule has 1 atom stereocenters. The SMILES string of the molecule is Cc1ccc(N2C(=O)CC(c3ccccc3F)C3=C2COC3=O)cc1. The fourth-order valence-corrected chi connectivity index (χ4v) is 3.47. The molecule has 1 unspecified atom stereocenters. The van der Waals surface area contributed by atoms with Crippen LogP contribution in [0.1, 0.15) is 23.5 Å². The van der Waals surface area contributed by atoms with Crippen LogP contribution in [0.15, 0.2) is 59.8 Å². The van der Waals surface area contributed by atoms with E-state index in [1.165, 1.54) is 11.0 Å². The maximum atomic E-state index is 14.3. The largest absolute Gasteiger partial charge is 0.456 e. The Morgan fingerprint density at radius 2 is 1.80 bits per heavy atom. The Bertz CT molecular complexity index is 901. The lowest BCUT2D eigenvalue weighted by Gasteiger charge is -2.32. The van der Waals surface area contributed by atoms with Gasteiger partial charge < -0.3 is 4.74 Å². The highest BCUT2D eigenvalue weighted by atomic mass is 19.1. The van der Waals surface area contributed by atoms with E-state index in [9.17, 15) is 14.0 Å². The Balaban J connectivity index is 1.85. The molecule has 0 saturated heterocycles. The lowest BCUT2D eigenvalue weighted by molar-refractivity contribution is -0.136. The number of esters is 1. The highest BCUT2D eigenvalue weighted by molar-refractivity contribution is 6.06. The van der Waals surface area contributed by atoms with Gasteiger partial charge in [0.2, 0.25) is 5.91 Å². The number of carbonyl (C=O) groups excluding carboxylic acids is 2. The standard InChI is InChI=1S/C20H16FNO3/c1-12-6-8-13(9-7-12)22-17-11-25-20(24)19(17)15(10-18(22)23)14-4-2-3-5-16(14)21/h2-9,15H,10-11H2,1H3. The van der Waals surface area contributed by atoms with Gasteiger partial charge in [-0.15, -0.1) is 0 Å². The molecule has 1 amide bonds. The highest BCUT2D eigenvalue weighted by Gasteiger charge is 2.43. The molecule has 2 aliphatic rings. The van der Waals surface area contributed by atoms with Gasteiger partial charge in [0.15, 0.2) is 0 Å². The maximum absolute atomic E-state index is 14.3. The van der Waals surface area contributed by atoms with E-state index in [0.717, 1.165) is 5.56 Å². The Kier molecular flexibility index (Phi) is 3.64. The molecule has 5 heteroatoms. The van der Waals surface area contributed by atoms with Crippen LogP contribution >= 0.6 is 0 Å². The molecule has 25 heavy (non-hydrogen) atoms. The number of halogens is 1. The van der Waals surface area contributed by atoms with Gasteiger partial charge in [-0.1, -0.05) is 35.9 Å². The Morgan fingerprint density at radius 1 is 1.08 bits per heavy atom. The first-order chi connectivity index (χ1) is 12.1. The third-order valence-electron chi connectivity index (χ3n) is 4.69. The second-order valence-corrected chi connectivity index (χ2v) is 6.28. The summed E-state index contributed by atoms with van der Waals surface area (Å²) in [6.07, 6.45) is 0.0305. The van der Waals surface area contributed by atoms with Gasteiger partial charge in [-0.05, 0) is 30.7 Å². The summed E-state index contributed by atoms with van der Waals surface area (Å²) >= 11 is 0. The van der Waals surface area contributed by atoms with Crippen molar-refractivity contribution >= 4 is 17.6 Å². The Labute approximate surface area is 144 Å². The highest BCUT2D eigenvalue weighted by Crippen LogP contribution is 2.42. The normalized spacial score (nSPS) is 19.9. The van der Waals surface area contributed by atoms with Crippen LogP contribution in [-0.2, 0) is 14.3 Å². The zero-order valence-electron chi connectivity index (χ0n) is 13.7. The molecule has 2 aromatic carbocycles.